The fraction of sp³-hybridized carbons (Fsp3) is 0.238. The summed E-state index contributed by atoms with van der Waals surface area (Å²) in [6.07, 6.45) is -2.73. The molecule has 1 aromatic heterocycles. The molecule has 0 amide bonds. The van der Waals surface area contributed by atoms with Gasteiger partial charge in [-0.3, -0.25) is 0 Å². The van der Waals surface area contributed by atoms with Crippen molar-refractivity contribution in [1.82, 2.24) is 9.97 Å². The number of halogens is 3. The van der Waals surface area contributed by atoms with E-state index >= 15 is 0 Å². The maximum Gasteiger partial charge on any atom is 0.420 e. The Kier molecular flexibility index (Phi) is 6.24. The molecule has 28 heavy (non-hydrogen) atoms. The van der Waals surface area contributed by atoms with Crippen molar-refractivity contribution in [3.05, 3.63) is 71.9 Å². The summed E-state index contributed by atoms with van der Waals surface area (Å²) in [7, 11) is 0. The first kappa shape index (κ1) is 20.2. The third-order valence-electron chi connectivity index (χ3n) is 4.22. The second kappa shape index (κ2) is 8.65. The SMILES string of the molecule is CCc1ccc(N(CC)c2ncc(C(F)(F)F)c(Sc3ccccc3)n2)cc1. The lowest BCUT2D eigenvalue weighted by Gasteiger charge is -2.22. The minimum Gasteiger partial charge on any atom is -0.311 e. The quantitative estimate of drug-likeness (QED) is 0.447. The summed E-state index contributed by atoms with van der Waals surface area (Å²) < 4.78 is 40.4. The minimum atomic E-state index is -4.52. The monoisotopic (exact) mass is 403 g/mol. The normalized spacial score (nSPS) is 11.5. The molecule has 0 spiro atoms. The molecule has 7 heteroatoms. The van der Waals surface area contributed by atoms with Gasteiger partial charge < -0.3 is 4.90 Å². The first-order chi connectivity index (χ1) is 13.4. The third kappa shape index (κ3) is 4.65. The van der Waals surface area contributed by atoms with Crippen LogP contribution in [-0.2, 0) is 12.6 Å². The second-order valence-electron chi connectivity index (χ2n) is 6.07. The van der Waals surface area contributed by atoms with Gasteiger partial charge in [-0.2, -0.15) is 13.2 Å². The highest BCUT2D eigenvalue weighted by Gasteiger charge is 2.35. The van der Waals surface area contributed by atoms with Gasteiger partial charge in [0, 0.05) is 23.3 Å². The highest BCUT2D eigenvalue weighted by Crippen LogP contribution is 2.39. The molecule has 3 aromatic rings. The van der Waals surface area contributed by atoms with E-state index in [0.29, 0.717) is 11.4 Å². The standard InChI is InChI=1S/C21H20F3N3S/c1-3-15-10-12-16(13-11-15)27(4-2)20-25-14-18(21(22,23)24)19(26-20)28-17-8-6-5-7-9-17/h5-14H,3-4H2,1-2H3. The van der Waals surface area contributed by atoms with Crippen LogP contribution in [0.2, 0.25) is 0 Å². The Morgan fingerprint density at radius 2 is 1.64 bits per heavy atom. The molecule has 0 N–H and O–H groups in total. The molecule has 0 fully saturated rings. The number of hydrogen-bond acceptors (Lipinski definition) is 4. The summed E-state index contributed by atoms with van der Waals surface area (Å²) >= 11 is 0.987. The largest absolute Gasteiger partial charge is 0.420 e. The second-order valence-corrected chi connectivity index (χ2v) is 7.13. The Balaban J connectivity index is 2.01. The molecule has 0 radical (unpaired) electrons. The minimum absolute atomic E-state index is 0.104. The number of aryl methyl sites for hydroxylation is 1. The van der Waals surface area contributed by atoms with Crippen LogP contribution in [0, 0.1) is 0 Å². The number of benzene rings is 2. The van der Waals surface area contributed by atoms with Crippen LogP contribution in [0.5, 0.6) is 0 Å². The zero-order valence-electron chi connectivity index (χ0n) is 15.6. The van der Waals surface area contributed by atoms with Gasteiger partial charge >= 0.3 is 6.18 Å². The first-order valence-electron chi connectivity index (χ1n) is 8.96. The van der Waals surface area contributed by atoms with E-state index in [1.165, 1.54) is 5.56 Å². The topological polar surface area (TPSA) is 29.0 Å². The molecule has 0 aliphatic rings. The Morgan fingerprint density at radius 3 is 2.21 bits per heavy atom. The van der Waals surface area contributed by atoms with Gasteiger partial charge in [-0.05, 0) is 43.2 Å². The number of hydrogen-bond donors (Lipinski definition) is 0. The molecule has 3 nitrogen and oxygen atoms in total. The highest BCUT2D eigenvalue weighted by atomic mass is 32.2. The van der Waals surface area contributed by atoms with E-state index in [4.69, 9.17) is 0 Å². The third-order valence-corrected chi connectivity index (χ3v) is 5.23. The zero-order valence-corrected chi connectivity index (χ0v) is 16.4. The summed E-state index contributed by atoms with van der Waals surface area (Å²) in [6, 6.07) is 16.8. The number of rotatable bonds is 6. The van der Waals surface area contributed by atoms with Gasteiger partial charge in [-0.15, -0.1) is 0 Å². The van der Waals surface area contributed by atoms with E-state index < -0.39 is 11.7 Å². The number of alkyl halides is 3. The molecule has 0 atom stereocenters. The highest BCUT2D eigenvalue weighted by molar-refractivity contribution is 7.99. The van der Waals surface area contributed by atoms with Crippen LogP contribution in [0.25, 0.3) is 0 Å². The lowest BCUT2D eigenvalue weighted by Crippen LogP contribution is -2.20. The summed E-state index contributed by atoms with van der Waals surface area (Å²) in [5, 5.41) is -0.104. The molecule has 0 saturated heterocycles. The van der Waals surface area contributed by atoms with Crippen molar-refractivity contribution in [3.8, 4) is 0 Å². The predicted molar refractivity (Wildman–Crippen MR) is 106 cm³/mol. The van der Waals surface area contributed by atoms with Gasteiger partial charge in [-0.1, -0.05) is 49.0 Å². The van der Waals surface area contributed by atoms with Gasteiger partial charge in [0.05, 0.1) is 0 Å². The van der Waals surface area contributed by atoms with Crippen LogP contribution in [0.15, 0.2) is 70.7 Å². The van der Waals surface area contributed by atoms with Crippen molar-refractivity contribution in [2.24, 2.45) is 0 Å². The van der Waals surface area contributed by atoms with Crippen LogP contribution < -0.4 is 4.90 Å². The Labute approximate surface area is 166 Å². The molecular formula is C21H20F3N3S. The fourth-order valence-electron chi connectivity index (χ4n) is 2.71. The van der Waals surface area contributed by atoms with Crippen LogP contribution in [-0.4, -0.2) is 16.5 Å². The lowest BCUT2D eigenvalue weighted by atomic mass is 10.1. The zero-order chi connectivity index (χ0) is 20.1. The lowest BCUT2D eigenvalue weighted by molar-refractivity contribution is -0.140. The van der Waals surface area contributed by atoms with Crippen LogP contribution in [0.4, 0.5) is 24.8 Å². The van der Waals surface area contributed by atoms with E-state index in [-0.39, 0.29) is 11.0 Å². The maximum absolute atomic E-state index is 13.5. The molecule has 2 aromatic carbocycles. The molecule has 0 saturated carbocycles. The summed E-state index contributed by atoms with van der Waals surface area (Å²) in [5.74, 6) is 0.248. The predicted octanol–water partition coefficient (Wildman–Crippen LogP) is 6.37. The summed E-state index contributed by atoms with van der Waals surface area (Å²) in [5.41, 5.74) is 1.20. The van der Waals surface area contributed by atoms with Crippen molar-refractivity contribution in [2.75, 3.05) is 11.4 Å². The van der Waals surface area contributed by atoms with Crippen molar-refractivity contribution < 1.29 is 13.2 Å². The van der Waals surface area contributed by atoms with E-state index in [0.717, 1.165) is 30.1 Å². The van der Waals surface area contributed by atoms with Crippen LogP contribution in [0.1, 0.15) is 25.0 Å². The van der Waals surface area contributed by atoms with Crippen molar-refractivity contribution in [1.29, 1.82) is 0 Å². The molecule has 1 heterocycles. The molecular weight excluding hydrogens is 383 g/mol. The van der Waals surface area contributed by atoms with Crippen molar-refractivity contribution >= 4 is 23.4 Å². The smallest absolute Gasteiger partial charge is 0.311 e. The Morgan fingerprint density at radius 1 is 0.964 bits per heavy atom. The molecule has 0 aliphatic carbocycles. The molecule has 3 rings (SSSR count). The van der Waals surface area contributed by atoms with Crippen molar-refractivity contribution in [3.63, 3.8) is 0 Å². The molecule has 146 valence electrons. The first-order valence-corrected chi connectivity index (χ1v) is 9.77. The Bertz CT molecular complexity index is 912. The average Bonchev–Trinajstić information content (AvgIpc) is 2.69. The van der Waals surface area contributed by atoms with Gasteiger partial charge in [-0.25, -0.2) is 9.97 Å². The van der Waals surface area contributed by atoms with Gasteiger partial charge in [0.1, 0.15) is 10.6 Å². The van der Waals surface area contributed by atoms with E-state index in [2.05, 4.69) is 16.9 Å². The van der Waals surface area contributed by atoms with Gasteiger partial charge in [0.2, 0.25) is 5.95 Å². The molecule has 0 bridgehead atoms. The molecule has 0 unspecified atom stereocenters. The average molecular weight is 403 g/mol. The van der Waals surface area contributed by atoms with Gasteiger partial charge in [0.25, 0.3) is 0 Å². The fourth-order valence-corrected chi connectivity index (χ4v) is 3.63. The summed E-state index contributed by atoms with van der Waals surface area (Å²) in [6.45, 7) is 4.52. The number of nitrogens with zero attached hydrogens (tertiary/aromatic N) is 3. The van der Waals surface area contributed by atoms with Gasteiger partial charge in [0.15, 0.2) is 0 Å². The number of anilines is 2. The Hall–Kier alpha value is -2.54. The molecule has 0 aliphatic heterocycles. The van der Waals surface area contributed by atoms with Crippen LogP contribution in [0.3, 0.4) is 0 Å². The van der Waals surface area contributed by atoms with E-state index in [1.54, 1.807) is 29.2 Å². The summed E-state index contributed by atoms with van der Waals surface area (Å²) in [4.78, 5) is 10.8. The van der Waals surface area contributed by atoms with Crippen LogP contribution >= 0.6 is 11.8 Å². The van der Waals surface area contributed by atoms with Crippen molar-refractivity contribution in [2.45, 2.75) is 36.4 Å². The van der Waals surface area contributed by atoms with E-state index in [1.807, 2.05) is 37.3 Å². The maximum atomic E-state index is 13.5. The number of aromatic nitrogens is 2. The van der Waals surface area contributed by atoms with E-state index in [9.17, 15) is 13.2 Å².